The summed E-state index contributed by atoms with van der Waals surface area (Å²) in [6.45, 7) is 7.81. The zero-order valence-corrected chi connectivity index (χ0v) is 16.2. The van der Waals surface area contributed by atoms with Crippen LogP contribution in [0.3, 0.4) is 0 Å². The van der Waals surface area contributed by atoms with Crippen LogP contribution < -0.4 is 4.74 Å². The van der Waals surface area contributed by atoms with Crippen LogP contribution in [0.2, 0.25) is 0 Å². The summed E-state index contributed by atoms with van der Waals surface area (Å²) in [6.07, 6.45) is 7.30. The van der Waals surface area contributed by atoms with Crippen LogP contribution in [0.1, 0.15) is 41.8 Å². The third kappa shape index (κ3) is 3.42. The van der Waals surface area contributed by atoms with Gasteiger partial charge in [0.05, 0.1) is 18.7 Å². The Morgan fingerprint density at radius 2 is 2.11 bits per heavy atom. The molecule has 0 bridgehead atoms. The summed E-state index contributed by atoms with van der Waals surface area (Å²) >= 11 is 0. The van der Waals surface area contributed by atoms with Gasteiger partial charge in [-0.1, -0.05) is 11.6 Å². The van der Waals surface area contributed by atoms with Gasteiger partial charge in [0.25, 0.3) is 0 Å². The zero-order valence-electron chi connectivity index (χ0n) is 16.2. The van der Waals surface area contributed by atoms with Gasteiger partial charge in [-0.05, 0) is 45.1 Å². The molecule has 0 N–H and O–H groups in total. The topological polar surface area (TPSA) is 81.4 Å². The lowest BCUT2D eigenvalue weighted by Gasteiger charge is -2.28. The van der Waals surface area contributed by atoms with Crippen molar-refractivity contribution in [3.05, 3.63) is 35.0 Å². The van der Waals surface area contributed by atoms with E-state index in [1.165, 1.54) is 6.42 Å². The molecule has 144 valence electrons. The molecule has 2 aromatic heterocycles. The van der Waals surface area contributed by atoms with Crippen molar-refractivity contribution >= 4 is 5.91 Å². The summed E-state index contributed by atoms with van der Waals surface area (Å²) in [4.78, 5) is 23.4. The summed E-state index contributed by atoms with van der Waals surface area (Å²) in [5, 5.41) is 3.96. The molecule has 2 fully saturated rings. The fourth-order valence-electron chi connectivity index (χ4n) is 4.52. The monoisotopic (exact) mass is 370 g/mol. The van der Waals surface area contributed by atoms with Gasteiger partial charge in [0.15, 0.2) is 0 Å². The van der Waals surface area contributed by atoms with E-state index >= 15 is 0 Å². The molecule has 2 unspecified atom stereocenters. The predicted octanol–water partition coefficient (Wildman–Crippen LogP) is 2.64. The first-order chi connectivity index (χ1) is 13.0. The van der Waals surface area contributed by atoms with E-state index in [0.29, 0.717) is 25.0 Å². The van der Waals surface area contributed by atoms with Gasteiger partial charge in [-0.25, -0.2) is 9.97 Å². The number of fused-ring (bicyclic) bond motifs is 1. The number of ether oxygens (including phenoxy) is 1. The fourth-order valence-corrected chi connectivity index (χ4v) is 4.52. The minimum Gasteiger partial charge on any atom is -0.463 e. The lowest BCUT2D eigenvalue weighted by atomic mass is 9.82. The number of likely N-dealkylation sites (tertiary alicyclic amines) is 1. The lowest BCUT2D eigenvalue weighted by molar-refractivity contribution is -0.130. The van der Waals surface area contributed by atoms with Gasteiger partial charge in [-0.3, -0.25) is 4.79 Å². The van der Waals surface area contributed by atoms with Crippen LogP contribution in [0.25, 0.3) is 0 Å². The van der Waals surface area contributed by atoms with E-state index in [0.717, 1.165) is 48.5 Å². The first-order valence-electron chi connectivity index (χ1n) is 9.58. The first-order valence-corrected chi connectivity index (χ1v) is 9.58. The van der Waals surface area contributed by atoms with Crippen LogP contribution in [0.4, 0.5) is 0 Å². The van der Waals surface area contributed by atoms with E-state index in [9.17, 15) is 4.79 Å². The number of aromatic nitrogens is 3. The molecule has 1 aliphatic heterocycles. The van der Waals surface area contributed by atoms with E-state index in [-0.39, 0.29) is 11.3 Å². The minimum atomic E-state index is 0.0165. The molecule has 2 aliphatic rings. The van der Waals surface area contributed by atoms with E-state index in [2.05, 4.69) is 15.1 Å². The number of aryl methyl sites for hydroxylation is 3. The Morgan fingerprint density at radius 3 is 2.81 bits per heavy atom. The van der Waals surface area contributed by atoms with E-state index in [4.69, 9.17) is 9.26 Å². The van der Waals surface area contributed by atoms with Crippen molar-refractivity contribution in [2.45, 2.75) is 46.5 Å². The van der Waals surface area contributed by atoms with Crippen LogP contribution in [-0.4, -0.2) is 45.6 Å². The third-order valence-corrected chi connectivity index (χ3v) is 6.15. The Hall–Kier alpha value is -2.44. The van der Waals surface area contributed by atoms with Gasteiger partial charge in [0.2, 0.25) is 5.91 Å². The third-order valence-electron chi connectivity index (χ3n) is 6.15. The number of hydrogen-bond donors (Lipinski definition) is 0. The van der Waals surface area contributed by atoms with E-state index in [1.807, 2.05) is 25.7 Å². The number of carbonyl (C=O) groups excluding carboxylic acids is 1. The van der Waals surface area contributed by atoms with E-state index in [1.54, 1.807) is 12.4 Å². The molecular weight excluding hydrogens is 344 g/mol. The normalized spacial score (nSPS) is 24.3. The number of nitrogens with zero attached hydrogens (tertiary/aromatic N) is 4. The highest BCUT2D eigenvalue weighted by Crippen LogP contribution is 2.49. The van der Waals surface area contributed by atoms with Gasteiger partial charge in [-0.2, -0.15) is 0 Å². The molecule has 0 aromatic carbocycles. The molecule has 3 heterocycles. The maximum Gasteiger partial charge on any atom is 0.316 e. The maximum absolute atomic E-state index is 12.9. The molecule has 0 spiro atoms. The van der Waals surface area contributed by atoms with Crippen LogP contribution in [0.5, 0.6) is 6.01 Å². The standard InChI is InChI=1S/C20H26N4O3/c1-13-8-21-19(22-9-13)26-12-20-6-4-5-16(20)10-24(11-20)18(25)7-17-14(2)23-27-15(17)3/h8-9,16H,4-7,10-12H2,1-3H3. The van der Waals surface area contributed by atoms with Gasteiger partial charge < -0.3 is 14.2 Å². The zero-order chi connectivity index (χ0) is 19.0. The Bertz CT molecular complexity index is 813. The van der Waals surface area contributed by atoms with Gasteiger partial charge >= 0.3 is 6.01 Å². The van der Waals surface area contributed by atoms with Gasteiger partial charge in [0.1, 0.15) is 5.76 Å². The van der Waals surface area contributed by atoms with Crippen molar-refractivity contribution in [3.8, 4) is 6.01 Å². The van der Waals surface area contributed by atoms with Crippen molar-refractivity contribution in [1.82, 2.24) is 20.0 Å². The van der Waals surface area contributed by atoms with Crippen molar-refractivity contribution < 1.29 is 14.1 Å². The molecule has 1 aliphatic carbocycles. The maximum atomic E-state index is 12.9. The van der Waals surface area contributed by atoms with Crippen molar-refractivity contribution in [2.75, 3.05) is 19.7 Å². The average Bonchev–Trinajstić information content (AvgIpc) is 3.29. The van der Waals surface area contributed by atoms with Crippen molar-refractivity contribution in [1.29, 1.82) is 0 Å². The second kappa shape index (κ2) is 6.94. The molecule has 1 saturated carbocycles. The number of hydrogen-bond acceptors (Lipinski definition) is 6. The SMILES string of the molecule is Cc1cnc(OCC23CCCC2CN(C(=O)Cc2c(C)noc2C)C3)nc1. The van der Waals surface area contributed by atoms with Crippen molar-refractivity contribution in [3.63, 3.8) is 0 Å². The molecule has 27 heavy (non-hydrogen) atoms. The second-order valence-electron chi connectivity index (χ2n) is 8.04. The molecule has 2 aromatic rings. The Labute approximate surface area is 159 Å². The Balaban J connectivity index is 1.43. The lowest BCUT2D eigenvalue weighted by Crippen LogP contribution is -2.36. The Kier molecular flexibility index (Phi) is 4.61. The highest BCUT2D eigenvalue weighted by molar-refractivity contribution is 5.79. The van der Waals surface area contributed by atoms with Crippen molar-refractivity contribution in [2.24, 2.45) is 11.3 Å². The van der Waals surface area contributed by atoms with Crippen LogP contribution in [-0.2, 0) is 11.2 Å². The van der Waals surface area contributed by atoms with Gasteiger partial charge in [0, 0.05) is 36.5 Å². The number of amides is 1. The minimum absolute atomic E-state index is 0.0165. The molecule has 1 saturated heterocycles. The fraction of sp³-hybridized carbons (Fsp3) is 0.600. The van der Waals surface area contributed by atoms with Crippen LogP contribution in [0.15, 0.2) is 16.9 Å². The molecule has 1 amide bonds. The molecule has 7 heteroatoms. The summed E-state index contributed by atoms with van der Waals surface area (Å²) in [5.41, 5.74) is 2.74. The highest BCUT2D eigenvalue weighted by atomic mass is 16.5. The summed E-state index contributed by atoms with van der Waals surface area (Å²) in [7, 11) is 0. The van der Waals surface area contributed by atoms with Crippen LogP contribution >= 0.6 is 0 Å². The molecule has 7 nitrogen and oxygen atoms in total. The Morgan fingerprint density at radius 1 is 1.33 bits per heavy atom. The number of carbonyl (C=O) groups is 1. The summed E-state index contributed by atoms with van der Waals surface area (Å²) in [6, 6.07) is 0.418. The smallest absolute Gasteiger partial charge is 0.316 e. The summed E-state index contributed by atoms with van der Waals surface area (Å²) < 4.78 is 11.1. The predicted molar refractivity (Wildman–Crippen MR) is 98.3 cm³/mol. The quantitative estimate of drug-likeness (QED) is 0.805. The number of rotatable bonds is 5. The molecule has 4 rings (SSSR count). The van der Waals surface area contributed by atoms with Crippen LogP contribution in [0, 0.1) is 32.1 Å². The summed E-state index contributed by atoms with van der Waals surface area (Å²) in [5.74, 6) is 1.36. The molecule has 0 radical (unpaired) electrons. The van der Waals surface area contributed by atoms with E-state index < -0.39 is 0 Å². The molecular formula is C20H26N4O3. The second-order valence-corrected chi connectivity index (χ2v) is 8.04. The highest BCUT2D eigenvalue weighted by Gasteiger charge is 2.51. The average molecular weight is 370 g/mol. The largest absolute Gasteiger partial charge is 0.463 e. The van der Waals surface area contributed by atoms with Gasteiger partial charge in [-0.15, -0.1) is 0 Å². The molecule has 2 atom stereocenters. The first kappa shape index (κ1) is 17.9.